The largest absolute Gasteiger partial charge is 0.382 e. The number of rotatable bonds is 2. The van der Waals surface area contributed by atoms with E-state index in [0.29, 0.717) is 11.4 Å². The summed E-state index contributed by atoms with van der Waals surface area (Å²) in [6, 6.07) is 10.8. The SMILES string of the molecule is Nc1cc(C(=O)Nc2cccc3ncccc23)[nH]n1. The molecule has 0 saturated carbocycles. The van der Waals surface area contributed by atoms with Crippen molar-refractivity contribution in [3.63, 3.8) is 0 Å². The maximum absolute atomic E-state index is 12.0. The zero-order chi connectivity index (χ0) is 13.2. The summed E-state index contributed by atoms with van der Waals surface area (Å²) >= 11 is 0. The predicted molar refractivity (Wildman–Crippen MR) is 72.7 cm³/mol. The Kier molecular flexibility index (Phi) is 2.60. The number of nitrogens with one attached hydrogen (secondary N) is 2. The summed E-state index contributed by atoms with van der Waals surface area (Å²) in [5, 5.41) is 9.98. The highest BCUT2D eigenvalue weighted by molar-refractivity contribution is 6.07. The highest BCUT2D eigenvalue weighted by Gasteiger charge is 2.10. The van der Waals surface area contributed by atoms with Crippen molar-refractivity contribution in [2.24, 2.45) is 0 Å². The van der Waals surface area contributed by atoms with E-state index in [1.807, 2.05) is 30.3 Å². The van der Waals surface area contributed by atoms with Crippen molar-refractivity contribution in [2.45, 2.75) is 0 Å². The number of hydrogen-bond acceptors (Lipinski definition) is 4. The summed E-state index contributed by atoms with van der Waals surface area (Å²) in [5.74, 6) is -0.00899. The first-order chi connectivity index (χ1) is 9.24. The van der Waals surface area contributed by atoms with Crippen molar-refractivity contribution in [3.05, 3.63) is 48.3 Å². The third kappa shape index (κ3) is 2.11. The molecule has 2 heterocycles. The Morgan fingerprint density at radius 2 is 2.16 bits per heavy atom. The molecule has 0 spiro atoms. The van der Waals surface area contributed by atoms with Gasteiger partial charge in [0, 0.05) is 17.6 Å². The highest BCUT2D eigenvalue weighted by Crippen LogP contribution is 2.21. The van der Waals surface area contributed by atoms with Gasteiger partial charge in [-0.15, -0.1) is 0 Å². The van der Waals surface area contributed by atoms with Crippen LogP contribution in [-0.4, -0.2) is 21.1 Å². The molecule has 0 bridgehead atoms. The van der Waals surface area contributed by atoms with Gasteiger partial charge in [0.15, 0.2) is 0 Å². The minimum absolute atomic E-state index is 0.282. The molecule has 0 atom stereocenters. The van der Waals surface area contributed by atoms with Crippen molar-refractivity contribution in [1.82, 2.24) is 15.2 Å². The summed E-state index contributed by atoms with van der Waals surface area (Å²) in [6.07, 6.45) is 1.71. The van der Waals surface area contributed by atoms with Gasteiger partial charge in [0.05, 0.1) is 11.2 Å². The molecule has 19 heavy (non-hydrogen) atoms. The summed E-state index contributed by atoms with van der Waals surface area (Å²) in [4.78, 5) is 16.2. The second kappa shape index (κ2) is 4.41. The molecule has 3 rings (SSSR count). The molecule has 6 heteroatoms. The summed E-state index contributed by atoms with van der Waals surface area (Å²) in [5.41, 5.74) is 7.31. The molecule has 6 nitrogen and oxygen atoms in total. The Morgan fingerprint density at radius 3 is 2.95 bits per heavy atom. The molecule has 0 radical (unpaired) electrons. The van der Waals surface area contributed by atoms with Gasteiger partial charge in [-0.25, -0.2) is 0 Å². The van der Waals surface area contributed by atoms with Gasteiger partial charge < -0.3 is 11.1 Å². The number of nitrogens with two attached hydrogens (primary N) is 1. The second-order valence-electron chi connectivity index (χ2n) is 4.04. The second-order valence-corrected chi connectivity index (χ2v) is 4.04. The minimum Gasteiger partial charge on any atom is -0.382 e. The number of aromatic amines is 1. The normalized spacial score (nSPS) is 10.5. The number of nitrogen functional groups attached to an aromatic ring is 1. The number of aromatic nitrogens is 3. The first-order valence-electron chi connectivity index (χ1n) is 5.70. The van der Waals surface area contributed by atoms with Gasteiger partial charge >= 0.3 is 0 Å². The number of amides is 1. The molecule has 0 unspecified atom stereocenters. The Hall–Kier alpha value is -2.89. The quantitative estimate of drug-likeness (QED) is 0.648. The van der Waals surface area contributed by atoms with E-state index >= 15 is 0 Å². The van der Waals surface area contributed by atoms with E-state index in [-0.39, 0.29) is 11.7 Å². The summed E-state index contributed by atoms with van der Waals surface area (Å²) in [7, 11) is 0. The Bertz CT molecular complexity index is 744. The van der Waals surface area contributed by atoms with Crippen LogP contribution in [0.1, 0.15) is 10.5 Å². The number of anilines is 2. The standard InChI is InChI=1S/C13H11N5O/c14-12-7-11(17-18-12)13(19)16-10-5-1-4-9-8(10)3-2-6-15-9/h1-7H,(H,16,19)(H3,14,17,18). The molecular weight excluding hydrogens is 242 g/mol. The maximum atomic E-state index is 12.0. The molecule has 1 amide bonds. The Labute approximate surface area is 108 Å². The van der Waals surface area contributed by atoms with Crippen molar-refractivity contribution in [1.29, 1.82) is 0 Å². The average molecular weight is 253 g/mol. The first-order valence-corrected chi connectivity index (χ1v) is 5.70. The minimum atomic E-state index is -0.291. The van der Waals surface area contributed by atoms with Crippen LogP contribution in [-0.2, 0) is 0 Å². The lowest BCUT2D eigenvalue weighted by molar-refractivity contribution is 0.102. The van der Waals surface area contributed by atoms with E-state index < -0.39 is 0 Å². The van der Waals surface area contributed by atoms with Gasteiger partial charge in [0.1, 0.15) is 11.5 Å². The summed E-state index contributed by atoms with van der Waals surface area (Å²) < 4.78 is 0. The van der Waals surface area contributed by atoms with Crippen molar-refractivity contribution in [2.75, 3.05) is 11.1 Å². The van der Waals surface area contributed by atoms with Crippen LogP contribution in [0, 0.1) is 0 Å². The number of benzene rings is 1. The number of hydrogen-bond donors (Lipinski definition) is 3. The fraction of sp³-hybridized carbons (Fsp3) is 0. The van der Waals surface area contributed by atoms with Crippen LogP contribution < -0.4 is 11.1 Å². The van der Waals surface area contributed by atoms with E-state index in [1.165, 1.54) is 6.07 Å². The lowest BCUT2D eigenvalue weighted by Gasteiger charge is -2.06. The van der Waals surface area contributed by atoms with Crippen LogP contribution in [0.3, 0.4) is 0 Å². The van der Waals surface area contributed by atoms with Gasteiger partial charge in [0.25, 0.3) is 5.91 Å². The van der Waals surface area contributed by atoms with Crippen LogP contribution in [0.25, 0.3) is 10.9 Å². The van der Waals surface area contributed by atoms with E-state index in [9.17, 15) is 4.79 Å². The smallest absolute Gasteiger partial charge is 0.273 e. The molecular formula is C13H11N5O. The third-order valence-corrected chi connectivity index (χ3v) is 2.74. The van der Waals surface area contributed by atoms with Crippen molar-refractivity contribution < 1.29 is 4.79 Å². The first kappa shape index (κ1) is 11.2. The van der Waals surface area contributed by atoms with Crippen LogP contribution in [0.4, 0.5) is 11.5 Å². The Balaban J connectivity index is 1.95. The molecule has 94 valence electrons. The van der Waals surface area contributed by atoms with Crippen LogP contribution in [0.2, 0.25) is 0 Å². The number of fused-ring (bicyclic) bond motifs is 1. The molecule has 0 saturated heterocycles. The number of carbonyl (C=O) groups is 1. The lowest BCUT2D eigenvalue weighted by Crippen LogP contribution is -2.12. The Morgan fingerprint density at radius 1 is 1.26 bits per heavy atom. The van der Waals surface area contributed by atoms with E-state index in [4.69, 9.17) is 5.73 Å². The zero-order valence-corrected chi connectivity index (χ0v) is 9.92. The van der Waals surface area contributed by atoms with Gasteiger partial charge in [-0.2, -0.15) is 5.10 Å². The van der Waals surface area contributed by atoms with E-state index in [1.54, 1.807) is 6.20 Å². The maximum Gasteiger partial charge on any atom is 0.273 e. The number of carbonyl (C=O) groups excluding carboxylic acids is 1. The highest BCUT2D eigenvalue weighted by atomic mass is 16.1. The average Bonchev–Trinajstić information content (AvgIpc) is 2.86. The van der Waals surface area contributed by atoms with E-state index in [2.05, 4.69) is 20.5 Å². The van der Waals surface area contributed by atoms with Gasteiger partial charge in [-0.3, -0.25) is 14.9 Å². The molecule has 0 aliphatic heterocycles. The third-order valence-electron chi connectivity index (χ3n) is 2.74. The fourth-order valence-electron chi connectivity index (χ4n) is 1.86. The number of H-pyrrole nitrogens is 1. The topological polar surface area (TPSA) is 96.7 Å². The molecule has 3 aromatic rings. The van der Waals surface area contributed by atoms with Gasteiger partial charge in [-0.05, 0) is 24.3 Å². The fourth-order valence-corrected chi connectivity index (χ4v) is 1.86. The predicted octanol–water partition coefficient (Wildman–Crippen LogP) is 1.79. The number of pyridine rings is 1. The van der Waals surface area contributed by atoms with Crippen LogP contribution in [0.15, 0.2) is 42.6 Å². The zero-order valence-electron chi connectivity index (χ0n) is 9.92. The molecule has 2 aromatic heterocycles. The molecule has 0 aliphatic carbocycles. The summed E-state index contributed by atoms with van der Waals surface area (Å²) in [6.45, 7) is 0. The van der Waals surface area contributed by atoms with E-state index in [0.717, 1.165) is 10.9 Å². The lowest BCUT2D eigenvalue weighted by atomic mass is 10.2. The molecule has 0 fully saturated rings. The van der Waals surface area contributed by atoms with Gasteiger partial charge in [0.2, 0.25) is 0 Å². The monoisotopic (exact) mass is 253 g/mol. The molecule has 4 N–H and O–H groups in total. The van der Waals surface area contributed by atoms with Crippen molar-refractivity contribution in [3.8, 4) is 0 Å². The molecule has 1 aromatic carbocycles. The van der Waals surface area contributed by atoms with Crippen LogP contribution in [0.5, 0.6) is 0 Å². The molecule has 0 aliphatic rings. The van der Waals surface area contributed by atoms with Crippen molar-refractivity contribution >= 4 is 28.3 Å². The number of nitrogens with zero attached hydrogens (tertiary/aromatic N) is 2. The van der Waals surface area contributed by atoms with Crippen LogP contribution >= 0.6 is 0 Å². The van der Waals surface area contributed by atoms with Gasteiger partial charge in [-0.1, -0.05) is 6.07 Å².